The maximum Gasteiger partial charge on any atom is 0.416 e. The van der Waals surface area contributed by atoms with Crippen molar-refractivity contribution in [3.8, 4) is 0 Å². The molecule has 0 bridgehead atoms. The van der Waals surface area contributed by atoms with E-state index in [0.717, 1.165) is 17.7 Å². The van der Waals surface area contributed by atoms with E-state index in [0.29, 0.717) is 12.0 Å². The summed E-state index contributed by atoms with van der Waals surface area (Å²) < 4.78 is 37.6. The van der Waals surface area contributed by atoms with Gasteiger partial charge in [-0.3, -0.25) is 0 Å². The first kappa shape index (κ1) is 20.7. The van der Waals surface area contributed by atoms with E-state index in [9.17, 15) is 23.1 Å². The molecule has 5 nitrogen and oxygen atoms in total. The van der Waals surface area contributed by atoms with Crippen molar-refractivity contribution in [3.63, 3.8) is 0 Å². The van der Waals surface area contributed by atoms with Crippen LogP contribution in [0.5, 0.6) is 0 Å². The van der Waals surface area contributed by atoms with Gasteiger partial charge in [0.15, 0.2) is 0 Å². The van der Waals surface area contributed by atoms with Gasteiger partial charge in [-0.1, -0.05) is 42.5 Å². The fourth-order valence-corrected chi connectivity index (χ4v) is 2.63. The molecule has 2 rings (SSSR count). The van der Waals surface area contributed by atoms with E-state index in [-0.39, 0.29) is 13.1 Å². The molecule has 2 aromatic carbocycles. The highest BCUT2D eigenvalue weighted by Crippen LogP contribution is 2.29. The van der Waals surface area contributed by atoms with Crippen LogP contribution < -0.4 is 10.6 Å². The Hall–Kier alpha value is -2.58. The highest BCUT2D eigenvalue weighted by molar-refractivity contribution is 5.65. The average molecular weight is 382 g/mol. The van der Waals surface area contributed by atoms with Crippen LogP contribution in [-0.4, -0.2) is 35.0 Å². The normalized spacial score (nSPS) is 13.8. The van der Waals surface area contributed by atoms with Crippen LogP contribution in [-0.2, 0) is 19.1 Å². The summed E-state index contributed by atoms with van der Waals surface area (Å²) in [5.74, 6) is 0. The van der Waals surface area contributed by atoms with E-state index >= 15 is 0 Å². The zero-order chi connectivity index (χ0) is 19.9. The summed E-state index contributed by atoms with van der Waals surface area (Å²) in [4.78, 5) is 11.0. The second-order valence-corrected chi connectivity index (χ2v) is 6.14. The first-order chi connectivity index (χ1) is 12.8. The van der Waals surface area contributed by atoms with Gasteiger partial charge in [0, 0.05) is 13.1 Å². The van der Waals surface area contributed by atoms with E-state index in [1.807, 2.05) is 30.3 Å². The van der Waals surface area contributed by atoms with Gasteiger partial charge in [-0.05, 0) is 29.7 Å². The molecule has 2 aromatic rings. The molecule has 0 fully saturated rings. The molecule has 0 aliphatic rings. The molecule has 0 aliphatic heterocycles. The summed E-state index contributed by atoms with van der Waals surface area (Å²) in [6, 6.07) is 13.1. The molecule has 0 aliphatic carbocycles. The lowest BCUT2D eigenvalue weighted by atomic mass is 10.0. The van der Waals surface area contributed by atoms with Crippen molar-refractivity contribution in [1.82, 2.24) is 10.6 Å². The number of carboxylic acid groups (broad SMARTS) is 1. The lowest BCUT2D eigenvalue weighted by Gasteiger charge is -2.23. The van der Waals surface area contributed by atoms with Crippen LogP contribution in [0.25, 0.3) is 0 Å². The van der Waals surface area contributed by atoms with Gasteiger partial charge in [-0.2, -0.15) is 13.2 Å². The van der Waals surface area contributed by atoms with Crippen LogP contribution in [0.2, 0.25) is 0 Å². The van der Waals surface area contributed by atoms with Crippen molar-refractivity contribution in [2.45, 2.75) is 31.3 Å². The fraction of sp³-hybridized carbons (Fsp3) is 0.316. The zero-order valence-corrected chi connectivity index (χ0v) is 14.4. The van der Waals surface area contributed by atoms with Crippen LogP contribution in [0.15, 0.2) is 54.6 Å². The number of aliphatic hydroxyl groups excluding tert-OH is 1. The van der Waals surface area contributed by atoms with Crippen LogP contribution in [0.4, 0.5) is 18.0 Å². The number of amides is 1. The second kappa shape index (κ2) is 9.38. The molecule has 0 saturated heterocycles. The number of carbonyl (C=O) groups is 1. The average Bonchev–Trinajstić information content (AvgIpc) is 2.61. The molecule has 4 N–H and O–H groups in total. The molecule has 1 amide bonds. The molecular weight excluding hydrogens is 361 g/mol. The topological polar surface area (TPSA) is 81.6 Å². The molecule has 0 spiro atoms. The van der Waals surface area contributed by atoms with E-state index in [4.69, 9.17) is 5.11 Å². The van der Waals surface area contributed by atoms with Crippen molar-refractivity contribution in [2.75, 3.05) is 6.54 Å². The minimum Gasteiger partial charge on any atom is -0.465 e. The van der Waals surface area contributed by atoms with Crippen molar-refractivity contribution >= 4 is 6.09 Å². The largest absolute Gasteiger partial charge is 0.465 e. The molecule has 0 saturated carbocycles. The third-order valence-electron chi connectivity index (χ3n) is 4.04. The number of nitrogens with one attached hydrogen (secondary N) is 2. The van der Waals surface area contributed by atoms with Crippen molar-refractivity contribution in [2.24, 2.45) is 0 Å². The molecule has 0 aromatic heterocycles. The standard InChI is InChI=1S/C19H21F3N2O3/c20-19(21,22)15-8-6-14(7-9-15)11-23-12-17(25)16(24-18(26)27)10-13-4-2-1-3-5-13/h1-9,16-17,23-25H,10-12H2,(H,26,27)/t16-,17+/m0/s1. The number of aliphatic hydroxyl groups is 1. The Morgan fingerprint density at radius 2 is 1.63 bits per heavy atom. The third-order valence-corrected chi connectivity index (χ3v) is 4.04. The first-order valence-corrected chi connectivity index (χ1v) is 8.34. The lowest BCUT2D eigenvalue weighted by Crippen LogP contribution is -2.48. The van der Waals surface area contributed by atoms with Crippen LogP contribution in [0.1, 0.15) is 16.7 Å². The van der Waals surface area contributed by atoms with Gasteiger partial charge in [0.25, 0.3) is 0 Å². The number of rotatable bonds is 8. The Morgan fingerprint density at radius 3 is 2.19 bits per heavy atom. The highest BCUT2D eigenvalue weighted by atomic mass is 19.4. The van der Waals surface area contributed by atoms with Crippen LogP contribution >= 0.6 is 0 Å². The molecule has 2 atom stereocenters. The predicted octanol–water partition coefficient (Wildman–Crippen LogP) is 3.03. The molecular formula is C19H21F3N2O3. The van der Waals surface area contributed by atoms with Gasteiger partial charge in [-0.25, -0.2) is 4.79 Å². The number of alkyl halides is 3. The van der Waals surface area contributed by atoms with Crippen LogP contribution in [0, 0.1) is 0 Å². The van der Waals surface area contributed by atoms with E-state index in [1.54, 1.807) is 0 Å². The second-order valence-electron chi connectivity index (χ2n) is 6.14. The zero-order valence-electron chi connectivity index (χ0n) is 14.4. The number of halogens is 3. The Bertz CT molecular complexity index is 721. The summed E-state index contributed by atoms with van der Waals surface area (Å²) in [7, 11) is 0. The Labute approximate surface area is 154 Å². The van der Waals surface area contributed by atoms with Gasteiger partial charge >= 0.3 is 12.3 Å². The van der Waals surface area contributed by atoms with Gasteiger partial charge in [-0.15, -0.1) is 0 Å². The predicted molar refractivity (Wildman–Crippen MR) is 94.3 cm³/mol. The van der Waals surface area contributed by atoms with Gasteiger partial charge in [0.2, 0.25) is 0 Å². The molecule has 0 radical (unpaired) electrons. The number of hydrogen-bond donors (Lipinski definition) is 4. The Morgan fingerprint density at radius 1 is 1.00 bits per heavy atom. The maximum absolute atomic E-state index is 12.5. The van der Waals surface area contributed by atoms with Crippen molar-refractivity contribution in [3.05, 3.63) is 71.3 Å². The summed E-state index contributed by atoms with van der Waals surface area (Å²) >= 11 is 0. The lowest BCUT2D eigenvalue weighted by molar-refractivity contribution is -0.137. The first-order valence-electron chi connectivity index (χ1n) is 8.34. The van der Waals surface area contributed by atoms with Gasteiger partial charge in [0.1, 0.15) is 0 Å². The summed E-state index contributed by atoms with van der Waals surface area (Å²) in [5.41, 5.74) is 0.777. The minimum absolute atomic E-state index is 0.0821. The van der Waals surface area contributed by atoms with E-state index in [2.05, 4.69) is 10.6 Å². The van der Waals surface area contributed by atoms with Crippen LogP contribution in [0.3, 0.4) is 0 Å². The molecule has 27 heavy (non-hydrogen) atoms. The molecule has 8 heteroatoms. The number of benzene rings is 2. The smallest absolute Gasteiger partial charge is 0.416 e. The Balaban J connectivity index is 1.89. The summed E-state index contributed by atoms with van der Waals surface area (Å²) in [5, 5.41) is 24.5. The molecule has 0 heterocycles. The quantitative estimate of drug-likeness (QED) is 0.566. The van der Waals surface area contributed by atoms with Gasteiger partial charge in [0.05, 0.1) is 17.7 Å². The van der Waals surface area contributed by atoms with Crippen molar-refractivity contribution < 1.29 is 28.2 Å². The molecule has 0 unspecified atom stereocenters. The highest BCUT2D eigenvalue weighted by Gasteiger charge is 2.29. The SMILES string of the molecule is O=C(O)N[C@@H](Cc1ccccc1)[C@H](O)CNCc1ccc(C(F)(F)F)cc1. The van der Waals surface area contributed by atoms with Gasteiger partial charge < -0.3 is 20.8 Å². The Kier molecular flexibility index (Phi) is 7.20. The summed E-state index contributed by atoms with van der Waals surface area (Å²) in [6.07, 6.45) is -6.31. The number of hydrogen-bond acceptors (Lipinski definition) is 3. The third kappa shape index (κ3) is 6.92. The minimum atomic E-state index is -4.38. The molecule has 146 valence electrons. The van der Waals surface area contributed by atoms with E-state index in [1.165, 1.54) is 12.1 Å². The maximum atomic E-state index is 12.5. The van der Waals surface area contributed by atoms with E-state index < -0.39 is 30.0 Å². The monoisotopic (exact) mass is 382 g/mol. The van der Waals surface area contributed by atoms with Crippen molar-refractivity contribution in [1.29, 1.82) is 0 Å². The fourth-order valence-electron chi connectivity index (χ4n) is 2.63. The summed E-state index contributed by atoms with van der Waals surface area (Å²) in [6.45, 7) is 0.332.